The smallest absolute Gasteiger partial charge is 0.294 e. The minimum atomic E-state index is -0.239. The molecule has 3 aromatic rings. The first-order valence-corrected chi connectivity index (χ1v) is 9.34. The maximum absolute atomic E-state index is 12.9. The number of nitrogens with zero attached hydrogens (tertiary/aromatic N) is 4. The fraction of sp³-hybridized carbons (Fsp3) is 0.450. The topological polar surface area (TPSA) is 72.8 Å². The zero-order chi connectivity index (χ0) is 19.3. The second-order valence-corrected chi connectivity index (χ2v) is 7.41. The third-order valence-corrected chi connectivity index (χ3v) is 5.45. The lowest BCUT2D eigenvalue weighted by Crippen LogP contribution is -2.42. The second-order valence-electron chi connectivity index (χ2n) is 7.41. The van der Waals surface area contributed by atoms with Crippen LogP contribution in [0.25, 0.3) is 16.9 Å². The molecule has 1 atom stereocenters. The van der Waals surface area contributed by atoms with E-state index in [1.165, 1.54) is 0 Å². The zero-order valence-corrected chi connectivity index (χ0v) is 16.2. The predicted molar refractivity (Wildman–Crippen MR) is 102 cm³/mol. The fourth-order valence-corrected chi connectivity index (χ4v) is 3.91. The first kappa shape index (κ1) is 17.6. The van der Waals surface area contributed by atoms with Crippen LogP contribution in [0.4, 0.5) is 0 Å². The average Bonchev–Trinajstić information content (AvgIpc) is 3.21. The van der Waals surface area contributed by atoms with Gasteiger partial charge in [0.2, 0.25) is 5.65 Å². The first-order chi connectivity index (χ1) is 12.9. The van der Waals surface area contributed by atoms with Gasteiger partial charge in [0, 0.05) is 37.6 Å². The highest BCUT2D eigenvalue weighted by Crippen LogP contribution is 2.26. The van der Waals surface area contributed by atoms with Crippen molar-refractivity contribution in [2.45, 2.75) is 46.1 Å². The molecule has 0 N–H and O–H groups in total. The molecule has 0 bridgehead atoms. The predicted octanol–water partition coefficient (Wildman–Crippen LogP) is 2.92. The summed E-state index contributed by atoms with van der Waals surface area (Å²) in [7, 11) is 1.71. The quantitative estimate of drug-likeness (QED) is 0.697. The van der Waals surface area contributed by atoms with Gasteiger partial charge in [0.1, 0.15) is 17.2 Å². The number of aromatic nitrogens is 3. The summed E-state index contributed by atoms with van der Waals surface area (Å²) in [4.78, 5) is 32.0. The molecule has 4 heterocycles. The lowest BCUT2D eigenvalue weighted by molar-refractivity contribution is 0.0630. The Hall–Kier alpha value is -2.83. The average molecular weight is 368 g/mol. The zero-order valence-electron chi connectivity index (χ0n) is 16.2. The molecule has 142 valence electrons. The maximum atomic E-state index is 12.9. The molecule has 4 rings (SSSR count). The second kappa shape index (κ2) is 6.40. The van der Waals surface area contributed by atoms with E-state index in [2.05, 4.69) is 11.9 Å². The minimum Gasteiger partial charge on any atom is -0.466 e. The Labute approximate surface area is 157 Å². The number of likely N-dealkylation sites (tertiary alicyclic amines) is 1. The molecule has 0 spiro atoms. The highest BCUT2D eigenvalue weighted by molar-refractivity contribution is 5.93. The Morgan fingerprint density at radius 2 is 2.04 bits per heavy atom. The van der Waals surface area contributed by atoms with Crippen LogP contribution in [0.1, 0.15) is 48.2 Å². The van der Waals surface area contributed by atoms with Crippen LogP contribution in [-0.4, -0.2) is 37.3 Å². The van der Waals surface area contributed by atoms with E-state index in [0.717, 1.165) is 48.6 Å². The lowest BCUT2D eigenvalue weighted by atomic mass is 10.0. The number of piperidine rings is 1. The van der Waals surface area contributed by atoms with E-state index in [0.29, 0.717) is 5.69 Å². The highest BCUT2D eigenvalue weighted by Gasteiger charge is 2.26. The molecule has 0 aliphatic carbocycles. The molecular weight excluding hydrogens is 344 g/mol. The van der Waals surface area contributed by atoms with Crippen LogP contribution in [0.15, 0.2) is 27.7 Å². The van der Waals surface area contributed by atoms with E-state index < -0.39 is 0 Å². The molecule has 1 saturated heterocycles. The summed E-state index contributed by atoms with van der Waals surface area (Å²) in [5, 5.41) is 0. The molecule has 7 nitrogen and oxygen atoms in total. The van der Waals surface area contributed by atoms with Gasteiger partial charge in [-0.15, -0.1) is 0 Å². The van der Waals surface area contributed by atoms with Gasteiger partial charge in [-0.25, -0.2) is 4.98 Å². The Kier molecular flexibility index (Phi) is 4.17. The van der Waals surface area contributed by atoms with Crippen LogP contribution in [0, 0.1) is 13.8 Å². The summed E-state index contributed by atoms with van der Waals surface area (Å²) in [6.07, 6.45) is 6.64. The Morgan fingerprint density at radius 3 is 2.70 bits per heavy atom. The Morgan fingerprint density at radius 1 is 1.26 bits per heavy atom. The number of aryl methyl sites for hydroxylation is 2. The van der Waals surface area contributed by atoms with E-state index in [9.17, 15) is 9.59 Å². The van der Waals surface area contributed by atoms with E-state index in [1.54, 1.807) is 22.2 Å². The molecule has 1 fully saturated rings. The van der Waals surface area contributed by atoms with Crippen molar-refractivity contribution in [2.24, 2.45) is 7.05 Å². The van der Waals surface area contributed by atoms with Gasteiger partial charge in [0.25, 0.3) is 11.5 Å². The Bertz CT molecular complexity index is 1090. The SMILES string of the molecule is Cc1cc(-c2cn3cc(C(=O)N4CCCCC4C)nc3c(=O)n2C)c(C)o1. The van der Waals surface area contributed by atoms with E-state index >= 15 is 0 Å². The Balaban J connectivity index is 1.81. The van der Waals surface area contributed by atoms with Crippen LogP contribution in [0.5, 0.6) is 0 Å². The van der Waals surface area contributed by atoms with Crippen molar-refractivity contribution >= 4 is 11.6 Å². The third kappa shape index (κ3) is 2.87. The van der Waals surface area contributed by atoms with Gasteiger partial charge in [-0.3, -0.25) is 14.0 Å². The number of rotatable bonds is 2. The van der Waals surface area contributed by atoms with Gasteiger partial charge in [0.05, 0.1) is 5.69 Å². The number of fused-ring (bicyclic) bond motifs is 1. The molecular formula is C20H24N4O3. The van der Waals surface area contributed by atoms with Gasteiger partial charge < -0.3 is 13.9 Å². The van der Waals surface area contributed by atoms with E-state index in [4.69, 9.17) is 4.42 Å². The molecule has 1 amide bonds. The number of hydrogen-bond acceptors (Lipinski definition) is 4. The van der Waals surface area contributed by atoms with Crippen LogP contribution in [-0.2, 0) is 7.05 Å². The summed E-state index contributed by atoms with van der Waals surface area (Å²) in [5.74, 6) is 1.43. The highest BCUT2D eigenvalue weighted by atomic mass is 16.3. The van der Waals surface area contributed by atoms with Crippen molar-refractivity contribution in [1.82, 2.24) is 18.9 Å². The fourth-order valence-electron chi connectivity index (χ4n) is 3.91. The molecule has 1 aliphatic heterocycles. The number of amides is 1. The van der Waals surface area contributed by atoms with Gasteiger partial charge in [-0.05, 0) is 46.1 Å². The van der Waals surface area contributed by atoms with Crippen LogP contribution in [0.2, 0.25) is 0 Å². The molecule has 1 unspecified atom stereocenters. The molecule has 0 radical (unpaired) electrons. The summed E-state index contributed by atoms with van der Waals surface area (Å²) < 4.78 is 8.82. The standard InChI is InChI=1S/C20H24N4O3/c1-12-7-5-6-8-24(12)19(25)16-10-23-11-17(15-9-13(2)27-14(15)3)22(4)20(26)18(23)21-16/h9-12H,5-8H2,1-4H3. The van der Waals surface area contributed by atoms with Crippen molar-refractivity contribution in [3.63, 3.8) is 0 Å². The molecule has 3 aromatic heterocycles. The number of furan rings is 1. The van der Waals surface area contributed by atoms with Gasteiger partial charge in [0.15, 0.2) is 0 Å². The number of carbonyl (C=O) groups excluding carboxylic acids is 1. The monoisotopic (exact) mass is 368 g/mol. The largest absolute Gasteiger partial charge is 0.466 e. The van der Waals surface area contributed by atoms with Crippen LogP contribution in [0.3, 0.4) is 0 Å². The summed E-state index contributed by atoms with van der Waals surface area (Å²) in [5.41, 5.74) is 1.92. The molecule has 0 aromatic carbocycles. The summed E-state index contributed by atoms with van der Waals surface area (Å²) >= 11 is 0. The van der Waals surface area contributed by atoms with E-state index in [-0.39, 0.29) is 23.2 Å². The summed E-state index contributed by atoms with van der Waals surface area (Å²) in [6.45, 7) is 6.55. The normalized spacial score (nSPS) is 17.6. The number of carbonyl (C=O) groups is 1. The van der Waals surface area contributed by atoms with Gasteiger partial charge in [-0.1, -0.05) is 0 Å². The number of imidazole rings is 1. The van der Waals surface area contributed by atoms with Crippen molar-refractivity contribution in [3.05, 3.63) is 46.0 Å². The van der Waals surface area contributed by atoms with Crippen molar-refractivity contribution in [2.75, 3.05) is 6.54 Å². The molecule has 1 aliphatic rings. The van der Waals surface area contributed by atoms with Crippen molar-refractivity contribution < 1.29 is 9.21 Å². The molecule has 0 saturated carbocycles. The number of hydrogen-bond donors (Lipinski definition) is 0. The van der Waals surface area contributed by atoms with Crippen LogP contribution >= 0.6 is 0 Å². The summed E-state index contributed by atoms with van der Waals surface area (Å²) in [6, 6.07) is 2.11. The van der Waals surface area contributed by atoms with Gasteiger partial charge in [-0.2, -0.15) is 0 Å². The third-order valence-electron chi connectivity index (χ3n) is 5.45. The lowest BCUT2D eigenvalue weighted by Gasteiger charge is -2.32. The molecule has 7 heteroatoms. The molecule has 27 heavy (non-hydrogen) atoms. The maximum Gasteiger partial charge on any atom is 0.294 e. The van der Waals surface area contributed by atoms with Crippen molar-refractivity contribution in [3.8, 4) is 11.3 Å². The minimum absolute atomic E-state index is 0.107. The van der Waals surface area contributed by atoms with Gasteiger partial charge >= 0.3 is 0 Å². The van der Waals surface area contributed by atoms with Crippen molar-refractivity contribution in [1.29, 1.82) is 0 Å². The van der Waals surface area contributed by atoms with Crippen LogP contribution < -0.4 is 5.56 Å². The van der Waals surface area contributed by atoms with E-state index in [1.807, 2.05) is 31.0 Å². The first-order valence-electron chi connectivity index (χ1n) is 9.34.